The van der Waals surface area contributed by atoms with E-state index in [1.807, 2.05) is 12.1 Å². The summed E-state index contributed by atoms with van der Waals surface area (Å²) in [5.41, 5.74) is 1.02. The highest BCUT2D eigenvalue weighted by Crippen LogP contribution is 2.20. The van der Waals surface area contributed by atoms with Crippen LogP contribution in [0.3, 0.4) is 0 Å². The van der Waals surface area contributed by atoms with Gasteiger partial charge in [-0.15, -0.1) is 0 Å². The zero-order valence-corrected chi connectivity index (χ0v) is 7.65. The number of nitrogens with one attached hydrogen (secondary N) is 1. The molecule has 3 nitrogen and oxygen atoms in total. The monoisotopic (exact) mass is 195 g/mol. The van der Waals surface area contributed by atoms with Crippen molar-refractivity contribution < 1.29 is 0 Å². The SMILES string of the molecule is S=c1cc(-c2ccns2)cn[nH]1. The smallest absolute Gasteiger partial charge is 0.120 e. The summed E-state index contributed by atoms with van der Waals surface area (Å²) in [6.07, 6.45) is 3.50. The van der Waals surface area contributed by atoms with Crippen LogP contribution in [0, 0.1) is 4.64 Å². The van der Waals surface area contributed by atoms with Crippen LogP contribution in [-0.2, 0) is 0 Å². The Bertz CT molecular complexity index is 418. The molecule has 0 saturated heterocycles. The highest BCUT2D eigenvalue weighted by Gasteiger charge is 1.97. The van der Waals surface area contributed by atoms with Crippen molar-refractivity contribution in [3.63, 3.8) is 0 Å². The van der Waals surface area contributed by atoms with Gasteiger partial charge >= 0.3 is 0 Å². The van der Waals surface area contributed by atoms with Crippen LogP contribution in [0.15, 0.2) is 24.5 Å². The molecule has 0 aliphatic carbocycles. The molecule has 0 amide bonds. The van der Waals surface area contributed by atoms with Crippen LogP contribution in [0.25, 0.3) is 10.4 Å². The highest BCUT2D eigenvalue weighted by atomic mass is 32.1. The molecule has 0 spiro atoms. The number of aromatic nitrogens is 3. The van der Waals surface area contributed by atoms with Gasteiger partial charge in [0.25, 0.3) is 0 Å². The number of hydrogen-bond donors (Lipinski definition) is 1. The number of aromatic amines is 1. The van der Waals surface area contributed by atoms with Crippen LogP contribution in [0.1, 0.15) is 0 Å². The molecule has 0 aliphatic rings. The fraction of sp³-hybridized carbons (Fsp3) is 0. The molecule has 0 saturated carbocycles. The Labute approximate surface area is 78.3 Å². The summed E-state index contributed by atoms with van der Waals surface area (Å²) in [6.45, 7) is 0. The van der Waals surface area contributed by atoms with Crippen molar-refractivity contribution in [1.82, 2.24) is 14.6 Å². The molecule has 0 fully saturated rings. The van der Waals surface area contributed by atoms with E-state index in [0.29, 0.717) is 4.64 Å². The van der Waals surface area contributed by atoms with Crippen LogP contribution in [0.5, 0.6) is 0 Å². The molecule has 0 aliphatic heterocycles. The first kappa shape index (κ1) is 7.57. The maximum Gasteiger partial charge on any atom is 0.120 e. The van der Waals surface area contributed by atoms with Gasteiger partial charge in [-0.3, -0.25) is 5.10 Å². The molecule has 0 bridgehead atoms. The fourth-order valence-corrected chi connectivity index (χ4v) is 1.63. The van der Waals surface area contributed by atoms with E-state index >= 15 is 0 Å². The van der Waals surface area contributed by atoms with Crippen molar-refractivity contribution in [2.75, 3.05) is 0 Å². The van der Waals surface area contributed by atoms with E-state index in [-0.39, 0.29) is 0 Å². The molecule has 0 aromatic carbocycles. The maximum atomic E-state index is 4.94. The van der Waals surface area contributed by atoms with E-state index in [1.165, 1.54) is 11.5 Å². The summed E-state index contributed by atoms with van der Waals surface area (Å²) in [4.78, 5) is 1.09. The highest BCUT2D eigenvalue weighted by molar-refractivity contribution is 7.71. The number of nitrogens with zero attached hydrogens (tertiary/aromatic N) is 2. The van der Waals surface area contributed by atoms with Crippen molar-refractivity contribution in [3.05, 3.63) is 29.2 Å². The lowest BCUT2D eigenvalue weighted by Gasteiger charge is -1.92. The van der Waals surface area contributed by atoms with Crippen molar-refractivity contribution >= 4 is 23.8 Å². The molecule has 0 atom stereocenters. The predicted molar refractivity (Wildman–Crippen MR) is 50.5 cm³/mol. The standard InChI is InChI=1S/C7H5N3S2/c11-7-3-5(4-8-10-7)6-1-2-9-12-6/h1-4H,(H,10,11). The van der Waals surface area contributed by atoms with Gasteiger partial charge in [0, 0.05) is 11.8 Å². The van der Waals surface area contributed by atoms with Gasteiger partial charge in [-0.05, 0) is 23.7 Å². The lowest BCUT2D eigenvalue weighted by Crippen LogP contribution is -1.81. The molecular weight excluding hydrogens is 190 g/mol. The van der Waals surface area contributed by atoms with Gasteiger partial charge in [0.15, 0.2) is 0 Å². The minimum Gasteiger partial charge on any atom is -0.268 e. The molecule has 2 aromatic rings. The molecule has 1 N–H and O–H groups in total. The largest absolute Gasteiger partial charge is 0.268 e. The Kier molecular flexibility index (Phi) is 1.97. The first-order valence-electron chi connectivity index (χ1n) is 3.32. The third-order valence-electron chi connectivity index (χ3n) is 1.39. The molecule has 5 heteroatoms. The Morgan fingerprint density at radius 1 is 1.50 bits per heavy atom. The zero-order valence-electron chi connectivity index (χ0n) is 6.02. The molecule has 60 valence electrons. The molecular formula is C7H5N3S2. The van der Waals surface area contributed by atoms with Gasteiger partial charge in [-0.25, -0.2) is 4.37 Å². The number of rotatable bonds is 1. The minimum atomic E-state index is 0.640. The normalized spacial score (nSPS) is 10.0. The van der Waals surface area contributed by atoms with Gasteiger partial charge < -0.3 is 0 Å². The summed E-state index contributed by atoms with van der Waals surface area (Å²) in [6, 6.07) is 3.81. The van der Waals surface area contributed by atoms with Gasteiger partial charge in [0.2, 0.25) is 0 Å². The van der Waals surface area contributed by atoms with Crippen LogP contribution < -0.4 is 0 Å². The summed E-state index contributed by atoms with van der Waals surface area (Å²) >= 11 is 6.37. The minimum absolute atomic E-state index is 0.640. The lowest BCUT2D eigenvalue weighted by molar-refractivity contribution is 1.02. The van der Waals surface area contributed by atoms with Crippen molar-refractivity contribution in [2.45, 2.75) is 0 Å². The molecule has 0 radical (unpaired) electrons. The Morgan fingerprint density at radius 2 is 2.42 bits per heavy atom. The molecule has 2 heterocycles. The fourth-order valence-electron chi connectivity index (χ4n) is 0.876. The maximum absolute atomic E-state index is 4.94. The molecule has 2 aromatic heterocycles. The zero-order chi connectivity index (χ0) is 8.39. The summed E-state index contributed by atoms with van der Waals surface area (Å²) < 4.78 is 4.64. The lowest BCUT2D eigenvalue weighted by atomic mass is 10.3. The van der Waals surface area contributed by atoms with Crippen LogP contribution >= 0.6 is 23.8 Å². The van der Waals surface area contributed by atoms with Crippen molar-refractivity contribution in [2.24, 2.45) is 0 Å². The van der Waals surface area contributed by atoms with E-state index in [1.54, 1.807) is 12.4 Å². The quantitative estimate of drug-likeness (QED) is 0.710. The second-order valence-electron chi connectivity index (χ2n) is 2.21. The number of hydrogen-bond acceptors (Lipinski definition) is 4. The van der Waals surface area contributed by atoms with Crippen LogP contribution in [0.4, 0.5) is 0 Å². The van der Waals surface area contributed by atoms with E-state index in [4.69, 9.17) is 12.2 Å². The topological polar surface area (TPSA) is 41.6 Å². The van der Waals surface area contributed by atoms with E-state index < -0.39 is 0 Å². The van der Waals surface area contributed by atoms with Gasteiger partial charge in [0.05, 0.1) is 11.1 Å². The van der Waals surface area contributed by atoms with Crippen LogP contribution in [0.2, 0.25) is 0 Å². The first-order chi connectivity index (χ1) is 5.86. The number of H-pyrrole nitrogens is 1. The molecule has 12 heavy (non-hydrogen) atoms. The molecule has 2 rings (SSSR count). The average molecular weight is 195 g/mol. The van der Waals surface area contributed by atoms with E-state index in [2.05, 4.69) is 14.6 Å². The second-order valence-corrected chi connectivity index (χ2v) is 3.48. The summed E-state index contributed by atoms with van der Waals surface area (Å²) in [5, 5.41) is 6.57. The van der Waals surface area contributed by atoms with Crippen molar-refractivity contribution in [1.29, 1.82) is 0 Å². The van der Waals surface area contributed by atoms with Gasteiger partial charge in [-0.2, -0.15) is 5.10 Å². The first-order valence-corrected chi connectivity index (χ1v) is 4.50. The Balaban J connectivity index is 2.55. The second kappa shape index (κ2) is 3.12. The van der Waals surface area contributed by atoms with Crippen molar-refractivity contribution in [3.8, 4) is 10.4 Å². The van der Waals surface area contributed by atoms with E-state index in [0.717, 1.165) is 10.4 Å². The summed E-state index contributed by atoms with van der Waals surface area (Å²) in [7, 11) is 0. The molecule has 0 unspecified atom stereocenters. The predicted octanol–water partition coefficient (Wildman–Crippen LogP) is 2.26. The Morgan fingerprint density at radius 3 is 3.08 bits per heavy atom. The van der Waals surface area contributed by atoms with Gasteiger partial charge in [0.1, 0.15) is 4.64 Å². The third kappa shape index (κ3) is 1.41. The van der Waals surface area contributed by atoms with Gasteiger partial charge in [-0.1, -0.05) is 12.2 Å². The average Bonchev–Trinajstić information content (AvgIpc) is 2.56. The third-order valence-corrected chi connectivity index (χ3v) is 2.39. The summed E-state index contributed by atoms with van der Waals surface area (Å²) in [5.74, 6) is 0. The van der Waals surface area contributed by atoms with E-state index in [9.17, 15) is 0 Å². The van der Waals surface area contributed by atoms with Crippen LogP contribution in [-0.4, -0.2) is 14.6 Å². The Hall–Kier alpha value is -1.07.